The minimum Gasteiger partial charge on any atom is -0.465 e. The molecule has 8 nitrogen and oxygen atoms in total. The molecule has 0 saturated carbocycles. The number of fused-ring (bicyclic) bond motifs is 2. The summed E-state index contributed by atoms with van der Waals surface area (Å²) in [4.78, 5) is 44.3. The zero-order valence-corrected chi connectivity index (χ0v) is 20.2. The van der Waals surface area contributed by atoms with E-state index in [9.17, 15) is 14.4 Å². The SMILES string of the molecule is CCCCCN1CC=C[C@]23O[C@H]4C=CCCOC(=O)[C@H]4[C@H]2C(=O)N(CCCCCCO)C3C1=O. The second kappa shape index (κ2) is 11.0. The number of hydrogen-bond donors (Lipinski definition) is 1. The Morgan fingerprint density at radius 1 is 1.03 bits per heavy atom. The van der Waals surface area contributed by atoms with Gasteiger partial charge in [0.1, 0.15) is 17.6 Å². The molecule has 1 N–H and O–H groups in total. The topological polar surface area (TPSA) is 96.4 Å². The Kier molecular flexibility index (Phi) is 8.09. The van der Waals surface area contributed by atoms with E-state index in [4.69, 9.17) is 14.6 Å². The van der Waals surface area contributed by atoms with Crippen molar-refractivity contribution in [1.29, 1.82) is 0 Å². The highest BCUT2D eigenvalue weighted by Gasteiger charge is 2.71. The van der Waals surface area contributed by atoms with Gasteiger partial charge < -0.3 is 24.4 Å². The van der Waals surface area contributed by atoms with Crippen LogP contribution in [0.3, 0.4) is 0 Å². The highest BCUT2D eigenvalue weighted by molar-refractivity contribution is 5.99. The number of cyclic esters (lactones) is 1. The number of unbranched alkanes of at least 4 members (excludes halogenated alkanes) is 5. The van der Waals surface area contributed by atoms with Crippen LogP contribution in [0.4, 0.5) is 0 Å². The summed E-state index contributed by atoms with van der Waals surface area (Å²) in [6.45, 7) is 4.11. The number of esters is 1. The smallest absolute Gasteiger partial charge is 0.312 e. The number of likely N-dealkylation sites (tertiary alicyclic amines) is 1. The van der Waals surface area contributed by atoms with Gasteiger partial charge in [0.05, 0.1) is 18.6 Å². The van der Waals surface area contributed by atoms with Crippen LogP contribution in [0.2, 0.25) is 0 Å². The van der Waals surface area contributed by atoms with Gasteiger partial charge in [-0.25, -0.2) is 0 Å². The van der Waals surface area contributed by atoms with Gasteiger partial charge in [-0.1, -0.05) is 56.9 Å². The van der Waals surface area contributed by atoms with E-state index >= 15 is 0 Å². The third kappa shape index (κ3) is 4.54. The molecule has 188 valence electrons. The van der Waals surface area contributed by atoms with E-state index in [0.29, 0.717) is 26.1 Å². The second-order valence-electron chi connectivity index (χ2n) is 9.79. The molecule has 4 aliphatic rings. The number of aliphatic hydroxyl groups excluding tert-OH is 1. The molecule has 0 aromatic rings. The highest BCUT2D eigenvalue weighted by atomic mass is 16.6. The van der Waals surface area contributed by atoms with Gasteiger partial charge in [0, 0.05) is 26.2 Å². The lowest BCUT2D eigenvalue weighted by Crippen LogP contribution is -2.55. The zero-order chi connectivity index (χ0) is 24.1. The molecule has 2 saturated heterocycles. The average Bonchev–Trinajstić information content (AvgIpc) is 3.19. The zero-order valence-electron chi connectivity index (χ0n) is 20.2. The number of ether oxygens (including phenoxy) is 2. The maximum atomic E-state index is 13.9. The number of hydrogen-bond acceptors (Lipinski definition) is 6. The molecule has 0 radical (unpaired) electrons. The van der Waals surface area contributed by atoms with Crippen molar-refractivity contribution in [3.63, 3.8) is 0 Å². The van der Waals surface area contributed by atoms with Crippen LogP contribution in [0.1, 0.15) is 58.3 Å². The molecule has 8 heteroatoms. The van der Waals surface area contributed by atoms with Gasteiger partial charge in [-0.3, -0.25) is 14.4 Å². The average molecular weight is 475 g/mol. The minimum absolute atomic E-state index is 0.0982. The molecule has 4 heterocycles. The number of nitrogens with zero attached hydrogens (tertiary/aromatic N) is 2. The van der Waals surface area contributed by atoms with Crippen LogP contribution in [-0.4, -0.2) is 83.3 Å². The normalized spacial score (nSPS) is 32.7. The first-order valence-corrected chi connectivity index (χ1v) is 12.9. The predicted octanol–water partition coefficient (Wildman–Crippen LogP) is 2.21. The monoisotopic (exact) mass is 474 g/mol. The first-order chi connectivity index (χ1) is 16.5. The summed E-state index contributed by atoms with van der Waals surface area (Å²) in [6.07, 6.45) is 13.8. The van der Waals surface area contributed by atoms with E-state index in [2.05, 4.69) is 6.92 Å². The van der Waals surface area contributed by atoms with Crippen molar-refractivity contribution in [1.82, 2.24) is 9.80 Å². The Hall–Kier alpha value is -2.19. The van der Waals surface area contributed by atoms with E-state index in [1.165, 1.54) is 0 Å². The lowest BCUT2D eigenvalue weighted by Gasteiger charge is -2.35. The molecule has 2 amide bonds. The molecule has 34 heavy (non-hydrogen) atoms. The maximum absolute atomic E-state index is 13.9. The Bertz CT molecular complexity index is 826. The van der Waals surface area contributed by atoms with Crippen LogP contribution >= 0.6 is 0 Å². The van der Waals surface area contributed by atoms with Crippen molar-refractivity contribution in [3.05, 3.63) is 24.3 Å². The highest BCUT2D eigenvalue weighted by Crippen LogP contribution is 2.53. The Labute approximate surface area is 201 Å². The molecule has 1 unspecified atom stereocenters. The molecular formula is C26H38N2O6. The van der Waals surface area contributed by atoms with Crippen LogP contribution in [0, 0.1) is 11.8 Å². The van der Waals surface area contributed by atoms with E-state index in [1.807, 2.05) is 29.2 Å². The molecule has 0 aromatic heterocycles. The Morgan fingerprint density at radius 3 is 2.62 bits per heavy atom. The summed E-state index contributed by atoms with van der Waals surface area (Å²) in [7, 11) is 0. The van der Waals surface area contributed by atoms with E-state index < -0.39 is 35.6 Å². The molecule has 0 aliphatic carbocycles. The van der Waals surface area contributed by atoms with Crippen LogP contribution in [-0.2, 0) is 23.9 Å². The Morgan fingerprint density at radius 2 is 1.82 bits per heavy atom. The Balaban J connectivity index is 1.66. The van der Waals surface area contributed by atoms with Crippen molar-refractivity contribution in [2.45, 2.75) is 76.0 Å². The quantitative estimate of drug-likeness (QED) is 0.296. The van der Waals surface area contributed by atoms with Crippen molar-refractivity contribution < 1.29 is 29.0 Å². The molecule has 4 rings (SSSR count). The van der Waals surface area contributed by atoms with Gasteiger partial charge in [0.2, 0.25) is 11.8 Å². The van der Waals surface area contributed by atoms with E-state index in [0.717, 1.165) is 44.9 Å². The van der Waals surface area contributed by atoms with Crippen LogP contribution < -0.4 is 0 Å². The third-order valence-corrected chi connectivity index (χ3v) is 7.54. The van der Waals surface area contributed by atoms with Gasteiger partial charge in [-0.05, 0) is 25.7 Å². The largest absolute Gasteiger partial charge is 0.465 e. The molecule has 1 spiro atoms. The number of carbonyl (C=O) groups excluding carboxylic acids is 3. The number of carbonyl (C=O) groups is 3. The van der Waals surface area contributed by atoms with E-state index in [1.54, 1.807) is 4.90 Å². The van der Waals surface area contributed by atoms with Crippen LogP contribution in [0.5, 0.6) is 0 Å². The molecule has 4 aliphatic heterocycles. The van der Waals surface area contributed by atoms with E-state index in [-0.39, 0.29) is 25.0 Å². The van der Waals surface area contributed by atoms with Gasteiger partial charge in [-0.2, -0.15) is 0 Å². The molecule has 5 atom stereocenters. The predicted molar refractivity (Wildman–Crippen MR) is 126 cm³/mol. The summed E-state index contributed by atoms with van der Waals surface area (Å²) in [5.74, 6) is -2.24. The van der Waals surface area contributed by atoms with Gasteiger partial charge in [0.25, 0.3) is 0 Å². The molecule has 0 bridgehead atoms. The molecule has 0 aromatic carbocycles. The summed E-state index contributed by atoms with van der Waals surface area (Å²) in [5, 5.41) is 9.06. The van der Waals surface area contributed by atoms with Crippen molar-refractivity contribution in [3.8, 4) is 0 Å². The van der Waals surface area contributed by atoms with Crippen molar-refractivity contribution in [2.75, 3.05) is 32.8 Å². The van der Waals surface area contributed by atoms with Crippen molar-refractivity contribution in [2.24, 2.45) is 11.8 Å². The lowest BCUT2D eigenvalue weighted by molar-refractivity contribution is -0.155. The fourth-order valence-electron chi connectivity index (χ4n) is 5.89. The first-order valence-electron chi connectivity index (χ1n) is 12.9. The number of amides is 2. The summed E-state index contributed by atoms with van der Waals surface area (Å²) < 4.78 is 12.0. The summed E-state index contributed by atoms with van der Waals surface area (Å²) in [6, 6.07) is -0.780. The summed E-state index contributed by atoms with van der Waals surface area (Å²) in [5.41, 5.74) is -1.16. The minimum atomic E-state index is -1.16. The first kappa shape index (κ1) is 24.9. The van der Waals surface area contributed by atoms with Gasteiger partial charge in [-0.15, -0.1) is 0 Å². The standard InChI is InChI=1S/C26H38N2O6/c1-2-3-7-14-27-15-11-13-26-21(20-19(34-26)12-6-10-18-33-25(20)32)23(30)28(22(26)24(27)31)16-8-4-5-9-17-29/h6,11-13,19-22,29H,2-5,7-10,14-18H2,1H3/t19-,20+,21-,22?,26-/m0/s1. The third-order valence-electron chi connectivity index (χ3n) is 7.54. The number of rotatable bonds is 10. The van der Waals surface area contributed by atoms with Crippen LogP contribution in [0.15, 0.2) is 24.3 Å². The fraction of sp³-hybridized carbons (Fsp3) is 0.731. The fourth-order valence-corrected chi connectivity index (χ4v) is 5.89. The molecular weight excluding hydrogens is 436 g/mol. The number of aliphatic hydroxyl groups is 1. The van der Waals surface area contributed by atoms with Gasteiger partial charge >= 0.3 is 5.97 Å². The van der Waals surface area contributed by atoms with Crippen LogP contribution in [0.25, 0.3) is 0 Å². The van der Waals surface area contributed by atoms with Crippen molar-refractivity contribution >= 4 is 17.8 Å². The summed E-state index contributed by atoms with van der Waals surface area (Å²) >= 11 is 0. The second-order valence-corrected chi connectivity index (χ2v) is 9.79. The molecule has 2 fully saturated rings. The maximum Gasteiger partial charge on any atom is 0.312 e. The lowest BCUT2D eigenvalue weighted by atomic mass is 9.77. The van der Waals surface area contributed by atoms with Gasteiger partial charge in [0.15, 0.2) is 0 Å².